The lowest BCUT2D eigenvalue weighted by atomic mass is 10.3. The fourth-order valence-electron chi connectivity index (χ4n) is 0.797. The van der Waals surface area contributed by atoms with Gasteiger partial charge in [-0.25, -0.2) is 0 Å². The predicted octanol–water partition coefficient (Wildman–Crippen LogP) is 1.29. The summed E-state index contributed by atoms with van der Waals surface area (Å²) in [6.07, 6.45) is 0.986. The van der Waals surface area contributed by atoms with E-state index >= 15 is 0 Å². The molecule has 0 spiro atoms. The SMILES string of the molecule is CNCC(O)c1cc(Br)co1. The quantitative estimate of drug-likeness (QED) is 0.806. The third kappa shape index (κ3) is 2.32. The number of likely N-dealkylation sites (N-methyl/N-ethyl adjacent to an activating group) is 1. The van der Waals surface area contributed by atoms with Crippen LogP contribution in [-0.4, -0.2) is 18.7 Å². The number of hydrogen-bond acceptors (Lipinski definition) is 3. The molecule has 1 unspecified atom stereocenters. The number of hydrogen-bond donors (Lipinski definition) is 2. The Labute approximate surface area is 73.5 Å². The molecule has 0 aliphatic rings. The molecular formula is C7H10BrNO2. The van der Waals surface area contributed by atoms with E-state index in [1.807, 2.05) is 0 Å². The lowest BCUT2D eigenvalue weighted by Gasteiger charge is -2.04. The normalized spacial score (nSPS) is 13.4. The molecule has 0 fully saturated rings. The second-order valence-electron chi connectivity index (χ2n) is 2.24. The second kappa shape index (κ2) is 3.90. The molecule has 0 aliphatic carbocycles. The number of nitrogens with one attached hydrogen (secondary N) is 1. The van der Waals surface area contributed by atoms with Crippen molar-refractivity contribution in [3.05, 3.63) is 22.6 Å². The Hall–Kier alpha value is -0.320. The molecule has 1 aromatic heterocycles. The van der Waals surface area contributed by atoms with Gasteiger partial charge in [0.2, 0.25) is 0 Å². The lowest BCUT2D eigenvalue weighted by molar-refractivity contribution is 0.150. The van der Waals surface area contributed by atoms with E-state index in [-0.39, 0.29) is 0 Å². The number of rotatable bonds is 3. The van der Waals surface area contributed by atoms with Crippen LogP contribution in [-0.2, 0) is 0 Å². The van der Waals surface area contributed by atoms with Crippen molar-refractivity contribution >= 4 is 15.9 Å². The Bertz CT molecular complexity index is 224. The van der Waals surface area contributed by atoms with E-state index in [0.717, 1.165) is 4.47 Å². The summed E-state index contributed by atoms with van der Waals surface area (Å²) in [5.74, 6) is 0.575. The fourth-order valence-corrected chi connectivity index (χ4v) is 1.12. The van der Waals surface area contributed by atoms with Gasteiger partial charge in [-0.3, -0.25) is 0 Å². The summed E-state index contributed by atoms with van der Waals surface area (Å²) in [7, 11) is 1.78. The van der Waals surface area contributed by atoms with Crippen LogP contribution in [0.4, 0.5) is 0 Å². The molecule has 3 nitrogen and oxygen atoms in total. The van der Waals surface area contributed by atoms with Crippen LogP contribution in [0.2, 0.25) is 0 Å². The molecule has 62 valence electrons. The third-order valence-electron chi connectivity index (χ3n) is 1.31. The van der Waals surface area contributed by atoms with Gasteiger partial charge in [0.15, 0.2) is 0 Å². The van der Waals surface area contributed by atoms with Crippen molar-refractivity contribution in [2.24, 2.45) is 0 Å². The van der Waals surface area contributed by atoms with Crippen LogP contribution in [0.25, 0.3) is 0 Å². The van der Waals surface area contributed by atoms with Crippen molar-refractivity contribution < 1.29 is 9.52 Å². The number of furan rings is 1. The Morgan fingerprint density at radius 3 is 3.00 bits per heavy atom. The highest BCUT2D eigenvalue weighted by Gasteiger charge is 2.09. The van der Waals surface area contributed by atoms with Gasteiger partial charge in [-0.2, -0.15) is 0 Å². The largest absolute Gasteiger partial charge is 0.465 e. The molecule has 4 heteroatoms. The minimum Gasteiger partial charge on any atom is -0.465 e. The van der Waals surface area contributed by atoms with Crippen molar-refractivity contribution in [1.29, 1.82) is 0 Å². The highest BCUT2D eigenvalue weighted by molar-refractivity contribution is 9.10. The molecule has 0 saturated carbocycles. The number of aliphatic hydroxyl groups is 1. The van der Waals surface area contributed by atoms with Crippen LogP contribution >= 0.6 is 15.9 Å². The number of aliphatic hydroxyl groups excluding tert-OH is 1. The molecule has 0 aliphatic heterocycles. The molecule has 1 atom stereocenters. The van der Waals surface area contributed by atoms with E-state index in [0.29, 0.717) is 12.3 Å². The monoisotopic (exact) mass is 219 g/mol. The van der Waals surface area contributed by atoms with Crippen molar-refractivity contribution in [3.8, 4) is 0 Å². The van der Waals surface area contributed by atoms with Gasteiger partial charge in [-0.05, 0) is 29.0 Å². The molecule has 2 N–H and O–H groups in total. The molecule has 0 saturated heterocycles. The molecule has 1 aromatic rings. The third-order valence-corrected chi connectivity index (χ3v) is 1.73. The first-order valence-electron chi connectivity index (χ1n) is 3.30. The molecule has 11 heavy (non-hydrogen) atoms. The topological polar surface area (TPSA) is 45.4 Å². The standard InChI is InChI=1S/C7H10BrNO2/c1-9-3-6(10)7-2-5(8)4-11-7/h2,4,6,9-10H,3H2,1H3. The minimum absolute atomic E-state index is 0.500. The molecule has 0 aromatic carbocycles. The maximum absolute atomic E-state index is 9.36. The van der Waals surface area contributed by atoms with Crippen molar-refractivity contribution in [2.75, 3.05) is 13.6 Å². The molecule has 0 radical (unpaired) electrons. The van der Waals surface area contributed by atoms with Crippen LogP contribution in [0.15, 0.2) is 21.2 Å². The average molecular weight is 220 g/mol. The molecule has 0 amide bonds. The molecule has 0 bridgehead atoms. The lowest BCUT2D eigenvalue weighted by Crippen LogP contribution is -2.15. The first-order chi connectivity index (χ1) is 5.24. The highest BCUT2D eigenvalue weighted by Crippen LogP contribution is 2.19. The summed E-state index contributed by atoms with van der Waals surface area (Å²) in [5, 5.41) is 12.2. The maximum atomic E-state index is 9.36. The Balaban J connectivity index is 2.60. The summed E-state index contributed by atoms with van der Waals surface area (Å²) in [5.41, 5.74) is 0. The summed E-state index contributed by atoms with van der Waals surface area (Å²) in [4.78, 5) is 0. The van der Waals surface area contributed by atoms with Crippen molar-refractivity contribution in [3.63, 3.8) is 0 Å². The first-order valence-corrected chi connectivity index (χ1v) is 4.10. The Kier molecular flexibility index (Phi) is 3.11. The van der Waals surface area contributed by atoms with Crippen LogP contribution in [0, 0.1) is 0 Å². The van der Waals surface area contributed by atoms with Crippen molar-refractivity contribution in [2.45, 2.75) is 6.10 Å². The summed E-state index contributed by atoms with van der Waals surface area (Å²) in [6.45, 7) is 0.500. The van der Waals surface area contributed by atoms with Crippen LogP contribution in [0.5, 0.6) is 0 Å². The van der Waals surface area contributed by atoms with Gasteiger partial charge in [-0.1, -0.05) is 0 Å². The van der Waals surface area contributed by atoms with Gasteiger partial charge in [0.05, 0.1) is 4.47 Å². The molecule has 1 heterocycles. The van der Waals surface area contributed by atoms with E-state index < -0.39 is 6.10 Å². The Morgan fingerprint density at radius 1 is 1.82 bits per heavy atom. The molecular weight excluding hydrogens is 210 g/mol. The zero-order chi connectivity index (χ0) is 8.27. The van der Waals surface area contributed by atoms with Gasteiger partial charge in [0, 0.05) is 6.54 Å². The van der Waals surface area contributed by atoms with E-state index in [2.05, 4.69) is 21.2 Å². The summed E-state index contributed by atoms with van der Waals surface area (Å²) in [6, 6.07) is 1.75. The van der Waals surface area contributed by atoms with Crippen LogP contribution in [0.1, 0.15) is 11.9 Å². The minimum atomic E-state index is -0.564. The van der Waals surface area contributed by atoms with Gasteiger partial charge >= 0.3 is 0 Å². The van der Waals surface area contributed by atoms with E-state index in [1.54, 1.807) is 19.4 Å². The second-order valence-corrected chi connectivity index (χ2v) is 3.16. The smallest absolute Gasteiger partial charge is 0.134 e. The van der Waals surface area contributed by atoms with E-state index in [1.165, 1.54) is 0 Å². The van der Waals surface area contributed by atoms with E-state index in [9.17, 15) is 5.11 Å². The van der Waals surface area contributed by atoms with Gasteiger partial charge in [0.25, 0.3) is 0 Å². The molecule has 1 rings (SSSR count). The zero-order valence-electron chi connectivity index (χ0n) is 6.17. The predicted molar refractivity (Wildman–Crippen MR) is 45.3 cm³/mol. The highest BCUT2D eigenvalue weighted by atomic mass is 79.9. The van der Waals surface area contributed by atoms with Gasteiger partial charge < -0.3 is 14.8 Å². The first kappa shape index (κ1) is 8.77. The average Bonchev–Trinajstić information content (AvgIpc) is 2.36. The Morgan fingerprint density at radius 2 is 2.55 bits per heavy atom. The van der Waals surface area contributed by atoms with Crippen LogP contribution < -0.4 is 5.32 Å². The zero-order valence-corrected chi connectivity index (χ0v) is 7.76. The van der Waals surface area contributed by atoms with E-state index in [4.69, 9.17) is 4.42 Å². The van der Waals surface area contributed by atoms with Crippen molar-refractivity contribution in [1.82, 2.24) is 5.32 Å². The summed E-state index contributed by atoms with van der Waals surface area (Å²) < 4.78 is 5.89. The van der Waals surface area contributed by atoms with Crippen LogP contribution in [0.3, 0.4) is 0 Å². The van der Waals surface area contributed by atoms with Gasteiger partial charge in [0.1, 0.15) is 18.1 Å². The summed E-state index contributed by atoms with van der Waals surface area (Å²) >= 11 is 3.23. The van der Waals surface area contributed by atoms with Gasteiger partial charge in [-0.15, -0.1) is 0 Å². The fraction of sp³-hybridized carbons (Fsp3) is 0.429. The number of halogens is 1. The maximum Gasteiger partial charge on any atom is 0.134 e.